The molecule has 1 atom stereocenters. The number of aromatic nitrogens is 2. The zero-order valence-corrected chi connectivity index (χ0v) is 17.2. The number of amides is 2. The second-order valence-electron chi connectivity index (χ2n) is 7.44. The maximum absolute atomic E-state index is 13.3. The maximum Gasteiger partial charge on any atom is 0.573 e. The molecule has 0 saturated heterocycles. The molecule has 7 nitrogen and oxygen atoms in total. The van der Waals surface area contributed by atoms with Crippen molar-refractivity contribution in [1.82, 2.24) is 9.55 Å². The maximum atomic E-state index is 13.3. The van der Waals surface area contributed by atoms with E-state index < -0.39 is 18.2 Å². The number of carbonyl (C=O) groups is 2. The number of rotatable bonds is 4. The lowest BCUT2D eigenvalue weighted by Gasteiger charge is -2.33. The summed E-state index contributed by atoms with van der Waals surface area (Å²) in [7, 11) is 0. The third kappa shape index (κ3) is 4.16. The smallest absolute Gasteiger partial charge is 0.406 e. The van der Waals surface area contributed by atoms with Gasteiger partial charge in [-0.05, 0) is 55.8 Å². The first-order valence-electron chi connectivity index (χ1n) is 9.74. The number of carbonyl (C=O) groups excluding carboxylic acids is 2. The van der Waals surface area contributed by atoms with Crippen LogP contribution in [0.25, 0.3) is 0 Å². The Morgan fingerprint density at radius 2 is 1.91 bits per heavy atom. The summed E-state index contributed by atoms with van der Waals surface area (Å²) in [5, 5.41) is 2.77. The molecule has 0 saturated carbocycles. The molecule has 1 aromatic carbocycles. The van der Waals surface area contributed by atoms with Crippen LogP contribution in [0.5, 0.6) is 5.75 Å². The molecule has 1 aliphatic rings. The number of halogens is 3. The average molecular weight is 444 g/mol. The predicted molar refractivity (Wildman–Crippen MR) is 111 cm³/mol. The fourth-order valence-corrected chi connectivity index (χ4v) is 3.62. The number of nitrogens with one attached hydrogen (secondary N) is 1. The topological polar surface area (TPSA) is 76.5 Å². The minimum absolute atomic E-state index is 0.157. The van der Waals surface area contributed by atoms with Crippen molar-refractivity contribution < 1.29 is 27.5 Å². The molecule has 0 radical (unpaired) electrons. The van der Waals surface area contributed by atoms with Gasteiger partial charge < -0.3 is 19.5 Å². The highest BCUT2D eigenvalue weighted by Crippen LogP contribution is 2.31. The molecule has 2 amide bonds. The summed E-state index contributed by atoms with van der Waals surface area (Å²) in [6, 6.07) is 8.22. The molecule has 0 fully saturated rings. The van der Waals surface area contributed by atoms with Gasteiger partial charge in [0.2, 0.25) is 0 Å². The van der Waals surface area contributed by atoms with Gasteiger partial charge in [0.05, 0.1) is 17.4 Å². The highest BCUT2D eigenvalue weighted by Gasteiger charge is 2.35. The summed E-state index contributed by atoms with van der Waals surface area (Å²) in [4.78, 5) is 31.6. The Hall–Kier alpha value is -3.82. The van der Waals surface area contributed by atoms with Crippen LogP contribution >= 0.6 is 0 Å². The highest BCUT2D eigenvalue weighted by atomic mass is 19.4. The van der Waals surface area contributed by atoms with Crippen molar-refractivity contribution in [3.05, 3.63) is 71.8 Å². The largest absolute Gasteiger partial charge is 0.573 e. The molecule has 0 spiro atoms. The fourth-order valence-electron chi connectivity index (χ4n) is 3.62. The lowest BCUT2D eigenvalue weighted by atomic mass is 10.1. The molecule has 166 valence electrons. The van der Waals surface area contributed by atoms with Gasteiger partial charge in [0.1, 0.15) is 11.4 Å². The molecule has 10 heteroatoms. The molecule has 3 aromatic rings. The molecular formula is C22H19F3N4O3. The van der Waals surface area contributed by atoms with Crippen LogP contribution in [0.15, 0.2) is 55.0 Å². The van der Waals surface area contributed by atoms with Gasteiger partial charge in [0, 0.05) is 30.7 Å². The lowest BCUT2D eigenvalue weighted by Crippen LogP contribution is -2.43. The molecule has 1 aliphatic heterocycles. The SMILES string of the molecule is Cc1ccncc1NC(=O)c1ccn2c1C(=O)N(c1ccc(OC(F)(F)F)cc1)C[C@@H]2C. The number of hydrogen-bond acceptors (Lipinski definition) is 4. The summed E-state index contributed by atoms with van der Waals surface area (Å²) < 4.78 is 42.8. The second-order valence-corrected chi connectivity index (χ2v) is 7.44. The van der Waals surface area contributed by atoms with Crippen LogP contribution in [0.1, 0.15) is 39.4 Å². The van der Waals surface area contributed by atoms with E-state index >= 15 is 0 Å². The van der Waals surface area contributed by atoms with Crippen molar-refractivity contribution in [3.8, 4) is 5.75 Å². The van der Waals surface area contributed by atoms with Crippen molar-refractivity contribution in [1.29, 1.82) is 0 Å². The monoisotopic (exact) mass is 444 g/mol. The van der Waals surface area contributed by atoms with E-state index in [1.807, 2.05) is 13.8 Å². The van der Waals surface area contributed by atoms with Crippen LogP contribution in [0.2, 0.25) is 0 Å². The summed E-state index contributed by atoms with van der Waals surface area (Å²) in [5.74, 6) is -1.26. The minimum Gasteiger partial charge on any atom is -0.406 e. The predicted octanol–water partition coefficient (Wildman–Crippen LogP) is 4.56. The Morgan fingerprint density at radius 3 is 2.56 bits per heavy atom. The van der Waals surface area contributed by atoms with Crippen molar-refractivity contribution in [2.75, 3.05) is 16.8 Å². The molecule has 4 rings (SSSR count). The molecule has 2 aromatic heterocycles. The van der Waals surface area contributed by atoms with Gasteiger partial charge >= 0.3 is 6.36 Å². The molecular weight excluding hydrogens is 425 g/mol. The molecule has 0 unspecified atom stereocenters. The minimum atomic E-state index is -4.80. The van der Waals surface area contributed by atoms with Crippen LogP contribution < -0.4 is 15.0 Å². The number of pyridine rings is 1. The van der Waals surface area contributed by atoms with Gasteiger partial charge in [-0.1, -0.05) is 0 Å². The quantitative estimate of drug-likeness (QED) is 0.640. The molecule has 0 bridgehead atoms. The van der Waals surface area contributed by atoms with Gasteiger partial charge in [0.15, 0.2) is 0 Å². The standard InChI is InChI=1S/C22H19F3N4O3/c1-13-7-9-26-11-18(13)27-20(30)17-8-10-28-14(2)12-29(21(31)19(17)28)15-3-5-16(6-4-15)32-22(23,24)25/h3-11,14H,12H2,1-2H3,(H,27,30)/t14-/m0/s1. The van der Waals surface area contributed by atoms with E-state index in [4.69, 9.17) is 0 Å². The number of anilines is 2. The first kappa shape index (κ1) is 21.4. The van der Waals surface area contributed by atoms with Gasteiger partial charge in [-0.15, -0.1) is 13.2 Å². The second kappa shape index (κ2) is 8.03. The summed E-state index contributed by atoms with van der Waals surface area (Å²) >= 11 is 0. The normalized spacial score (nSPS) is 16.0. The third-order valence-electron chi connectivity index (χ3n) is 5.20. The zero-order chi connectivity index (χ0) is 23.0. The number of nitrogens with zero attached hydrogens (tertiary/aromatic N) is 3. The van der Waals surface area contributed by atoms with E-state index in [1.54, 1.807) is 29.1 Å². The average Bonchev–Trinajstić information content (AvgIpc) is 3.18. The highest BCUT2D eigenvalue weighted by molar-refractivity contribution is 6.16. The first-order chi connectivity index (χ1) is 15.1. The molecule has 0 aliphatic carbocycles. The number of alkyl halides is 3. The lowest BCUT2D eigenvalue weighted by molar-refractivity contribution is -0.274. The Kier molecular flexibility index (Phi) is 5.37. The van der Waals surface area contributed by atoms with Crippen molar-refractivity contribution >= 4 is 23.2 Å². The van der Waals surface area contributed by atoms with E-state index in [9.17, 15) is 22.8 Å². The molecule has 32 heavy (non-hydrogen) atoms. The van der Waals surface area contributed by atoms with Crippen molar-refractivity contribution in [2.45, 2.75) is 26.3 Å². The summed E-state index contributed by atoms with van der Waals surface area (Å²) in [5.41, 5.74) is 2.17. The van der Waals surface area contributed by atoms with Crippen LogP contribution in [-0.4, -0.2) is 34.3 Å². The van der Waals surface area contributed by atoms with Crippen LogP contribution in [0.4, 0.5) is 24.5 Å². The Bertz CT molecular complexity index is 1170. The van der Waals surface area contributed by atoms with E-state index in [-0.39, 0.29) is 23.0 Å². The van der Waals surface area contributed by atoms with E-state index in [2.05, 4.69) is 15.0 Å². The van der Waals surface area contributed by atoms with Gasteiger partial charge in [0.25, 0.3) is 11.8 Å². The number of hydrogen-bond donors (Lipinski definition) is 1. The van der Waals surface area contributed by atoms with Gasteiger partial charge in [-0.3, -0.25) is 14.6 Å². The van der Waals surface area contributed by atoms with Crippen LogP contribution in [0, 0.1) is 6.92 Å². The molecule has 1 N–H and O–H groups in total. The van der Waals surface area contributed by atoms with Crippen molar-refractivity contribution in [3.63, 3.8) is 0 Å². The van der Waals surface area contributed by atoms with E-state index in [1.165, 1.54) is 23.2 Å². The van der Waals surface area contributed by atoms with Crippen molar-refractivity contribution in [2.24, 2.45) is 0 Å². The van der Waals surface area contributed by atoms with E-state index in [0.717, 1.165) is 17.7 Å². The summed E-state index contributed by atoms with van der Waals surface area (Å²) in [6.07, 6.45) is 0.0175. The summed E-state index contributed by atoms with van der Waals surface area (Å²) in [6.45, 7) is 4.01. The number of ether oxygens (including phenoxy) is 1. The number of benzene rings is 1. The Balaban J connectivity index is 1.61. The number of fused-ring (bicyclic) bond motifs is 1. The third-order valence-corrected chi connectivity index (χ3v) is 5.20. The molecule has 3 heterocycles. The fraction of sp³-hybridized carbons (Fsp3) is 0.227. The van der Waals surface area contributed by atoms with Crippen LogP contribution in [-0.2, 0) is 0 Å². The first-order valence-corrected chi connectivity index (χ1v) is 9.74. The van der Waals surface area contributed by atoms with Crippen LogP contribution in [0.3, 0.4) is 0 Å². The number of aryl methyl sites for hydroxylation is 1. The van der Waals surface area contributed by atoms with Gasteiger partial charge in [-0.25, -0.2) is 0 Å². The Labute approximate surface area is 181 Å². The van der Waals surface area contributed by atoms with Gasteiger partial charge in [-0.2, -0.15) is 0 Å². The Morgan fingerprint density at radius 1 is 1.19 bits per heavy atom. The zero-order valence-electron chi connectivity index (χ0n) is 17.2. The van der Waals surface area contributed by atoms with E-state index in [0.29, 0.717) is 17.9 Å².